The zero-order valence-electron chi connectivity index (χ0n) is 14.4. The van der Waals surface area contributed by atoms with Gasteiger partial charge in [-0.05, 0) is 42.7 Å². The van der Waals surface area contributed by atoms with E-state index < -0.39 is 0 Å². The van der Waals surface area contributed by atoms with Crippen molar-refractivity contribution in [3.63, 3.8) is 0 Å². The fourth-order valence-corrected chi connectivity index (χ4v) is 2.48. The van der Waals surface area contributed by atoms with E-state index in [0.717, 1.165) is 17.0 Å². The average Bonchev–Trinajstić information content (AvgIpc) is 3.50. The molecule has 1 aliphatic carbocycles. The fourth-order valence-electron chi connectivity index (χ4n) is 2.48. The van der Waals surface area contributed by atoms with E-state index in [2.05, 4.69) is 15.3 Å². The van der Waals surface area contributed by atoms with Crippen LogP contribution in [0, 0.1) is 0 Å². The van der Waals surface area contributed by atoms with Gasteiger partial charge in [-0.1, -0.05) is 6.07 Å². The van der Waals surface area contributed by atoms with Gasteiger partial charge < -0.3 is 14.8 Å². The van der Waals surface area contributed by atoms with Gasteiger partial charge in [-0.25, -0.2) is 9.97 Å². The standard InChI is InChI=1S/C19H21N3O3/c1-24-17-7-3-13(9-18(17)25-2)4-8-19(23)20-11-15-10-16(14-5-6-14)22-12-21-15/h3-4,7-10,12,14H,5-6,11H2,1-2H3,(H,20,23)/b8-4+. The summed E-state index contributed by atoms with van der Waals surface area (Å²) in [5, 5.41) is 2.83. The van der Waals surface area contributed by atoms with E-state index in [1.807, 2.05) is 18.2 Å². The molecule has 1 amide bonds. The highest BCUT2D eigenvalue weighted by Crippen LogP contribution is 2.38. The van der Waals surface area contributed by atoms with E-state index in [0.29, 0.717) is 24.0 Å². The number of amides is 1. The molecule has 6 heteroatoms. The first-order valence-corrected chi connectivity index (χ1v) is 8.18. The minimum absolute atomic E-state index is 0.179. The van der Waals surface area contributed by atoms with Gasteiger partial charge in [0.25, 0.3) is 0 Å². The number of benzene rings is 1. The Morgan fingerprint density at radius 3 is 2.72 bits per heavy atom. The molecule has 1 aromatic carbocycles. The molecule has 1 saturated carbocycles. The number of aromatic nitrogens is 2. The smallest absolute Gasteiger partial charge is 0.244 e. The van der Waals surface area contributed by atoms with E-state index in [4.69, 9.17) is 9.47 Å². The van der Waals surface area contributed by atoms with Crippen molar-refractivity contribution in [3.8, 4) is 11.5 Å². The third kappa shape index (κ3) is 4.56. The van der Waals surface area contributed by atoms with Gasteiger partial charge in [0, 0.05) is 17.7 Å². The molecule has 0 unspecified atom stereocenters. The van der Waals surface area contributed by atoms with Crippen LogP contribution in [0.15, 0.2) is 36.7 Å². The Balaban J connectivity index is 1.57. The molecule has 1 N–H and O–H groups in total. The van der Waals surface area contributed by atoms with Gasteiger partial charge in [0.05, 0.1) is 26.5 Å². The van der Waals surface area contributed by atoms with E-state index in [-0.39, 0.29) is 5.91 Å². The molecule has 3 rings (SSSR count). The summed E-state index contributed by atoms with van der Waals surface area (Å²) in [4.78, 5) is 20.5. The van der Waals surface area contributed by atoms with Crippen molar-refractivity contribution < 1.29 is 14.3 Å². The molecule has 1 fully saturated rings. The maximum Gasteiger partial charge on any atom is 0.244 e. The highest BCUT2D eigenvalue weighted by atomic mass is 16.5. The number of carbonyl (C=O) groups is 1. The number of ether oxygens (including phenoxy) is 2. The van der Waals surface area contributed by atoms with Gasteiger partial charge in [0.15, 0.2) is 11.5 Å². The molecule has 1 aliphatic rings. The Kier molecular flexibility index (Phi) is 5.28. The minimum atomic E-state index is -0.179. The number of carbonyl (C=O) groups excluding carboxylic acids is 1. The Bertz CT molecular complexity index is 785. The lowest BCUT2D eigenvalue weighted by Crippen LogP contribution is -2.21. The number of methoxy groups -OCH3 is 2. The monoisotopic (exact) mass is 339 g/mol. The van der Waals surface area contributed by atoms with Crippen molar-refractivity contribution >= 4 is 12.0 Å². The maximum absolute atomic E-state index is 12.0. The summed E-state index contributed by atoms with van der Waals surface area (Å²) in [5.41, 5.74) is 2.75. The second-order valence-corrected chi connectivity index (χ2v) is 5.87. The molecule has 0 aliphatic heterocycles. The summed E-state index contributed by atoms with van der Waals surface area (Å²) in [7, 11) is 3.16. The summed E-state index contributed by atoms with van der Waals surface area (Å²) in [6.07, 6.45) is 7.17. The van der Waals surface area contributed by atoms with Crippen LogP contribution in [-0.4, -0.2) is 30.1 Å². The van der Waals surface area contributed by atoms with Gasteiger partial charge in [0.1, 0.15) is 6.33 Å². The van der Waals surface area contributed by atoms with Crippen LogP contribution in [0.5, 0.6) is 11.5 Å². The topological polar surface area (TPSA) is 73.3 Å². The Morgan fingerprint density at radius 2 is 2.00 bits per heavy atom. The van der Waals surface area contributed by atoms with Gasteiger partial charge in [-0.15, -0.1) is 0 Å². The second-order valence-electron chi connectivity index (χ2n) is 5.87. The number of nitrogens with zero attached hydrogens (tertiary/aromatic N) is 2. The molecule has 0 bridgehead atoms. The quantitative estimate of drug-likeness (QED) is 0.785. The maximum atomic E-state index is 12.0. The number of rotatable bonds is 7. The van der Waals surface area contributed by atoms with Crippen molar-refractivity contribution in [3.05, 3.63) is 53.6 Å². The number of hydrogen-bond acceptors (Lipinski definition) is 5. The second kappa shape index (κ2) is 7.79. The molecule has 0 atom stereocenters. The van der Waals surface area contributed by atoms with Gasteiger partial charge >= 0.3 is 0 Å². The SMILES string of the molecule is COc1ccc(/C=C/C(=O)NCc2cc(C3CC3)ncn2)cc1OC. The molecule has 0 saturated heterocycles. The van der Waals surface area contributed by atoms with Gasteiger partial charge in [-0.3, -0.25) is 4.79 Å². The summed E-state index contributed by atoms with van der Waals surface area (Å²) >= 11 is 0. The summed E-state index contributed by atoms with van der Waals surface area (Å²) < 4.78 is 10.4. The van der Waals surface area contributed by atoms with Crippen LogP contribution in [0.3, 0.4) is 0 Å². The van der Waals surface area contributed by atoms with Crippen molar-refractivity contribution in [2.45, 2.75) is 25.3 Å². The molecule has 2 aromatic rings. The molecule has 6 nitrogen and oxygen atoms in total. The highest BCUT2D eigenvalue weighted by molar-refractivity contribution is 5.91. The Labute approximate surface area is 146 Å². The lowest BCUT2D eigenvalue weighted by atomic mass is 10.2. The summed E-state index contributed by atoms with van der Waals surface area (Å²) in [6.45, 7) is 0.386. The number of hydrogen-bond donors (Lipinski definition) is 1. The van der Waals surface area contributed by atoms with E-state index in [1.54, 1.807) is 32.7 Å². The van der Waals surface area contributed by atoms with Crippen LogP contribution < -0.4 is 14.8 Å². The molecule has 130 valence electrons. The van der Waals surface area contributed by atoms with E-state index in [1.165, 1.54) is 18.9 Å². The first kappa shape index (κ1) is 17.0. The van der Waals surface area contributed by atoms with Crippen molar-refractivity contribution in [1.82, 2.24) is 15.3 Å². The molecule has 25 heavy (non-hydrogen) atoms. The predicted octanol–water partition coefficient (Wildman–Crippen LogP) is 2.70. The molecule has 1 heterocycles. The number of nitrogens with one attached hydrogen (secondary N) is 1. The van der Waals surface area contributed by atoms with Crippen molar-refractivity contribution in [2.75, 3.05) is 14.2 Å². The van der Waals surface area contributed by atoms with Crippen LogP contribution in [-0.2, 0) is 11.3 Å². The van der Waals surface area contributed by atoms with Crippen LogP contribution in [0.2, 0.25) is 0 Å². The first-order valence-electron chi connectivity index (χ1n) is 8.18. The van der Waals surface area contributed by atoms with Crippen LogP contribution in [0.1, 0.15) is 35.7 Å². The fraction of sp³-hybridized carbons (Fsp3) is 0.316. The third-order valence-electron chi connectivity index (χ3n) is 4.02. The molecule has 0 radical (unpaired) electrons. The first-order chi connectivity index (χ1) is 12.2. The van der Waals surface area contributed by atoms with Crippen LogP contribution in [0.25, 0.3) is 6.08 Å². The largest absolute Gasteiger partial charge is 0.493 e. The lowest BCUT2D eigenvalue weighted by molar-refractivity contribution is -0.116. The van der Waals surface area contributed by atoms with Gasteiger partial charge in [-0.2, -0.15) is 0 Å². The van der Waals surface area contributed by atoms with Crippen LogP contribution in [0.4, 0.5) is 0 Å². The van der Waals surface area contributed by atoms with Crippen molar-refractivity contribution in [1.29, 1.82) is 0 Å². The normalized spacial score (nSPS) is 13.7. The third-order valence-corrected chi connectivity index (χ3v) is 4.02. The van der Waals surface area contributed by atoms with Crippen LogP contribution >= 0.6 is 0 Å². The summed E-state index contributed by atoms with van der Waals surface area (Å²) in [6, 6.07) is 7.44. The van der Waals surface area contributed by atoms with Crippen molar-refractivity contribution in [2.24, 2.45) is 0 Å². The van der Waals surface area contributed by atoms with Gasteiger partial charge in [0.2, 0.25) is 5.91 Å². The highest BCUT2D eigenvalue weighted by Gasteiger charge is 2.25. The van der Waals surface area contributed by atoms with E-state index in [9.17, 15) is 4.79 Å². The lowest BCUT2D eigenvalue weighted by Gasteiger charge is -2.07. The Hall–Kier alpha value is -2.89. The Morgan fingerprint density at radius 1 is 1.20 bits per heavy atom. The zero-order valence-corrected chi connectivity index (χ0v) is 14.4. The molecule has 0 spiro atoms. The molecular weight excluding hydrogens is 318 g/mol. The van der Waals surface area contributed by atoms with E-state index >= 15 is 0 Å². The molecular formula is C19H21N3O3. The average molecular weight is 339 g/mol. The minimum Gasteiger partial charge on any atom is -0.493 e. The zero-order chi connectivity index (χ0) is 17.6. The summed E-state index contributed by atoms with van der Waals surface area (Å²) in [5.74, 6) is 1.67. The molecule has 1 aromatic heterocycles. The predicted molar refractivity (Wildman–Crippen MR) is 94.4 cm³/mol.